The number of amides is 3. The summed E-state index contributed by atoms with van der Waals surface area (Å²) in [5.74, 6) is -1.38. The van der Waals surface area contributed by atoms with Crippen molar-refractivity contribution in [1.29, 1.82) is 0 Å². The predicted octanol–water partition coefficient (Wildman–Crippen LogP) is 3.23. The zero-order chi connectivity index (χ0) is 24.8. The lowest BCUT2D eigenvalue weighted by Gasteiger charge is -2.16. The van der Waals surface area contributed by atoms with E-state index in [4.69, 9.17) is 14.2 Å². The monoisotopic (exact) mass is 486 g/mol. The van der Waals surface area contributed by atoms with E-state index in [9.17, 15) is 24.3 Å². The first kappa shape index (κ1) is 24.6. The lowest BCUT2D eigenvalue weighted by molar-refractivity contribution is -0.144. The minimum Gasteiger partial charge on any atom is -0.497 e. The van der Waals surface area contributed by atoms with Crippen LogP contribution in [0.2, 0.25) is 0 Å². The Hall–Kier alpha value is -3.99. The number of ether oxygens (including phenoxy) is 3. The van der Waals surface area contributed by atoms with E-state index in [0.29, 0.717) is 28.8 Å². The molecule has 3 rings (SSSR count). The molecule has 1 atom stereocenters. The summed E-state index contributed by atoms with van der Waals surface area (Å²) >= 11 is 0.667. The van der Waals surface area contributed by atoms with Crippen LogP contribution in [0.5, 0.6) is 17.2 Å². The number of carbonyl (C=O) groups excluding carboxylic acids is 3. The second kappa shape index (κ2) is 10.8. The number of carboxylic acids is 1. The second-order valence-corrected chi connectivity index (χ2v) is 8.01. The Morgan fingerprint density at radius 1 is 1.12 bits per heavy atom. The van der Waals surface area contributed by atoms with Gasteiger partial charge >= 0.3 is 5.97 Å². The van der Waals surface area contributed by atoms with Crippen LogP contribution in [0.4, 0.5) is 10.5 Å². The minimum absolute atomic E-state index is 0.0586. The van der Waals surface area contributed by atoms with Crippen molar-refractivity contribution in [1.82, 2.24) is 4.90 Å². The lowest BCUT2D eigenvalue weighted by Crippen LogP contribution is -2.36. The minimum atomic E-state index is -1.18. The van der Waals surface area contributed by atoms with Crippen molar-refractivity contribution < 1.29 is 38.5 Å². The van der Waals surface area contributed by atoms with Gasteiger partial charge in [-0.05, 0) is 55.1 Å². The Balaban J connectivity index is 1.78. The topological polar surface area (TPSA) is 131 Å². The Morgan fingerprint density at radius 2 is 1.82 bits per heavy atom. The number of methoxy groups -OCH3 is 2. The number of benzene rings is 2. The molecule has 1 fully saturated rings. The molecule has 0 aliphatic carbocycles. The molecule has 0 radical (unpaired) electrons. The zero-order valence-electron chi connectivity index (χ0n) is 18.6. The van der Waals surface area contributed by atoms with Crippen molar-refractivity contribution >= 4 is 46.5 Å². The van der Waals surface area contributed by atoms with E-state index < -0.39 is 35.7 Å². The Bertz CT molecular complexity index is 1150. The summed E-state index contributed by atoms with van der Waals surface area (Å²) in [7, 11) is 2.92. The largest absolute Gasteiger partial charge is 0.497 e. The van der Waals surface area contributed by atoms with Gasteiger partial charge in [0.2, 0.25) is 5.91 Å². The maximum absolute atomic E-state index is 12.8. The van der Waals surface area contributed by atoms with Crippen molar-refractivity contribution in [2.45, 2.75) is 13.0 Å². The number of imide groups is 1. The van der Waals surface area contributed by atoms with E-state index in [1.165, 1.54) is 27.2 Å². The molecule has 1 aliphatic heterocycles. The number of aliphatic carboxylic acids is 1. The molecular weight excluding hydrogens is 464 g/mol. The summed E-state index contributed by atoms with van der Waals surface area (Å²) in [6, 6.07) is 11.4. The summed E-state index contributed by atoms with van der Waals surface area (Å²) < 4.78 is 15.8. The third-order valence-electron chi connectivity index (χ3n) is 4.71. The van der Waals surface area contributed by atoms with Crippen LogP contribution in [0.15, 0.2) is 47.4 Å². The van der Waals surface area contributed by atoms with Crippen LogP contribution >= 0.6 is 11.8 Å². The first-order valence-electron chi connectivity index (χ1n) is 9.99. The first-order valence-corrected chi connectivity index (χ1v) is 10.8. The van der Waals surface area contributed by atoms with Crippen LogP contribution < -0.4 is 19.5 Å². The Kier molecular flexibility index (Phi) is 7.79. The van der Waals surface area contributed by atoms with Gasteiger partial charge in [-0.3, -0.25) is 19.3 Å². The summed E-state index contributed by atoms with van der Waals surface area (Å²) in [5, 5.41) is 11.2. The Morgan fingerprint density at radius 3 is 2.44 bits per heavy atom. The molecule has 178 valence electrons. The molecule has 34 heavy (non-hydrogen) atoms. The van der Waals surface area contributed by atoms with Gasteiger partial charge in [-0.2, -0.15) is 0 Å². The number of nitrogens with zero attached hydrogens (tertiary/aromatic N) is 1. The Labute approximate surface area is 199 Å². The van der Waals surface area contributed by atoms with E-state index >= 15 is 0 Å². The molecule has 0 spiro atoms. The number of para-hydroxylation sites is 1. The van der Waals surface area contributed by atoms with Gasteiger partial charge in [0.25, 0.3) is 11.1 Å². The standard InChI is InChI=1S/C23H22N2O8S/c1-13(22(28)29)33-20-14(5-4-6-17(20)32-3)11-18-21(27)25(23(30)34-18)12-19(26)24-15-7-9-16(31-2)10-8-15/h4-11,13H,12H2,1-3H3,(H,24,26)(H,28,29)/b18-11-/t13-/m0/s1. The molecule has 1 saturated heterocycles. The molecule has 0 saturated carbocycles. The molecule has 0 bridgehead atoms. The number of carboxylic acid groups (broad SMARTS) is 1. The maximum Gasteiger partial charge on any atom is 0.344 e. The number of rotatable bonds is 9. The summed E-state index contributed by atoms with van der Waals surface area (Å²) in [6.07, 6.45) is 0.221. The van der Waals surface area contributed by atoms with Gasteiger partial charge in [0.1, 0.15) is 12.3 Å². The van der Waals surface area contributed by atoms with Crippen molar-refractivity contribution in [3.8, 4) is 17.2 Å². The van der Waals surface area contributed by atoms with Gasteiger partial charge < -0.3 is 24.6 Å². The highest BCUT2D eigenvalue weighted by molar-refractivity contribution is 8.18. The van der Waals surface area contributed by atoms with E-state index in [1.807, 2.05) is 0 Å². The van der Waals surface area contributed by atoms with Crippen LogP contribution in [-0.4, -0.2) is 59.9 Å². The second-order valence-electron chi connectivity index (χ2n) is 7.02. The number of hydrogen-bond acceptors (Lipinski definition) is 8. The fourth-order valence-corrected chi connectivity index (χ4v) is 3.79. The number of anilines is 1. The summed E-state index contributed by atoms with van der Waals surface area (Å²) in [5.41, 5.74) is 0.833. The quantitative estimate of drug-likeness (QED) is 0.513. The zero-order valence-corrected chi connectivity index (χ0v) is 19.4. The third-order valence-corrected chi connectivity index (χ3v) is 5.61. The van der Waals surface area contributed by atoms with Crippen molar-refractivity contribution in [2.75, 3.05) is 26.1 Å². The molecule has 10 nitrogen and oxygen atoms in total. The predicted molar refractivity (Wildman–Crippen MR) is 125 cm³/mol. The molecule has 1 heterocycles. The van der Waals surface area contributed by atoms with Crippen LogP contribution in [0.3, 0.4) is 0 Å². The van der Waals surface area contributed by atoms with Gasteiger partial charge in [-0.1, -0.05) is 12.1 Å². The maximum atomic E-state index is 12.8. The van der Waals surface area contributed by atoms with Gasteiger partial charge in [-0.15, -0.1) is 0 Å². The molecule has 0 aromatic heterocycles. The molecule has 2 aromatic rings. The smallest absolute Gasteiger partial charge is 0.344 e. The van der Waals surface area contributed by atoms with Crippen LogP contribution in [0.25, 0.3) is 6.08 Å². The molecule has 1 aliphatic rings. The van der Waals surface area contributed by atoms with E-state index in [0.717, 1.165) is 4.90 Å². The highest BCUT2D eigenvalue weighted by Gasteiger charge is 2.36. The number of thioether (sulfide) groups is 1. The average Bonchev–Trinajstić information content (AvgIpc) is 3.07. The lowest BCUT2D eigenvalue weighted by atomic mass is 10.1. The summed E-state index contributed by atoms with van der Waals surface area (Å²) in [4.78, 5) is 49.8. The van der Waals surface area contributed by atoms with Crippen molar-refractivity contribution in [3.05, 3.63) is 52.9 Å². The number of hydrogen-bond donors (Lipinski definition) is 2. The van der Waals surface area contributed by atoms with Crippen LogP contribution in [-0.2, 0) is 14.4 Å². The van der Waals surface area contributed by atoms with Crippen LogP contribution in [0.1, 0.15) is 12.5 Å². The summed E-state index contributed by atoms with van der Waals surface area (Å²) in [6.45, 7) is 0.888. The van der Waals surface area contributed by atoms with Gasteiger partial charge in [0, 0.05) is 11.3 Å². The molecule has 0 unspecified atom stereocenters. The molecule has 2 aromatic carbocycles. The van der Waals surface area contributed by atoms with Crippen LogP contribution in [0, 0.1) is 0 Å². The van der Waals surface area contributed by atoms with E-state index in [1.54, 1.807) is 42.5 Å². The van der Waals surface area contributed by atoms with E-state index in [-0.39, 0.29) is 16.4 Å². The van der Waals surface area contributed by atoms with Crippen molar-refractivity contribution in [3.63, 3.8) is 0 Å². The highest BCUT2D eigenvalue weighted by Crippen LogP contribution is 2.37. The van der Waals surface area contributed by atoms with E-state index in [2.05, 4.69) is 5.32 Å². The van der Waals surface area contributed by atoms with Gasteiger partial charge in [0.15, 0.2) is 17.6 Å². The first-order chi connectivity index (χ1) is 16.2. The number of nitrogens with one attached hydrogen (secondary N) is 1. The van der Waals surface area contributed by atoms with Gasteiger partial charge in [0.05, 0.1) is 19.1 Å². The molecule has 3 amide bonds. The fraction of sp³-hybridized carbons (Fsp3) is 0.217. The van der Waals surface area contributed by atoms with Gasteiger partial charge in [-0.25, -0.2) is 4.79 Å². The highest BCUT2D eigenvalue weighted by atomic mass is 32.2. The average molecular weight is 487 g/mol. The molecular formula is C23H22N2O8S. The fourth-order valence-electron chi connectivity index (χ4n) is 2.96. The normalized spacial score (nSPS) is 15.3. The SMILES string of the molecule is COc1ccc(NC(=O)CN2C(=O)S/C(=C\c3cccc(OC)c3O[C@@H](C)C(=O)O)C2=O)cc1. The van der Waals surface area contributed by atoms with Crippen molar-refractivity contribution in [2.24, 2.45) is 0 Å². The molecule has 11 heteroatoms. The molecule has 2 N–H and O–H groups in total. The number of carbonyl (C=O) groups is 4. The third kappa shape index (κ3) is 5.67.